The van der Waals surface area contributed by atoms with Gasteiger partial charge in [-0.05, 0) is 54.4 Å². The SMILES string of the molecule is COC(=O)C1=C(C)NC2=CCCC(=O)C2C1c1cc(COc2ccccc2Br)c(C)s1. The van der Waals surface area contributed by atoms with E-state index in [0.717, 1.165) is 43.4 Å². The molecule has 1 aromatic heterocycles. The lowest BCUT2D eigenvalue weighted by Gasteiger charge is -2.37. The molecule has 1 aliphatic heterocycles. The molecule has 162 valence electrons. The van der Waals surface area contributed by atoms with E-state index in [2.05, 4.69) is 33.4 Å². The third kappa shape index (κ3) is 4.21. The third-order valence-electron chi connectivity index (χ3n) is 5.79. The maximum absolute atomic E-state index is 12.9. The number of Topliss-reactive ketones (excluding diaryl/α,β-unsaturated/α-hetero) is 1. The molecule has 0 spiro atoms. The zero-order chi connectivity index (χ0) is 22.1. The van der Waals surface area contributed by atoms with Crippen LogP contribution in [0.2, 0.25) is 0 Å². The molecule has 2 heterocycles. The number of hydrogen-bond acceptors (Lipinski definition) is 6. The number of methoxy groups -OCH3 is 1. The fraction of sp³-hybridized carbons (Fsp3) is 0.333. The molecule has 0 amide bonds. The summed E-state index contributed by atoms with van der Waals surface area (Å²) in [5.41, 5.74) is 3.21. The van der Waals surface area contributed by atoms with E-state index in [1.807, 2.05) is 38.1 Å². The van der Waals surface area contributed by atoms with Crippen LogP contribution in [0.4, 0.5) is 0 Å². The van der Waals surface area contributed by atoms with E-state index in [4.69, 9.17) is 9.47 Å². The molecule has 31 heavy (non-hydrogen) atoms. The Labute approximate surface area is 194 Å². The van der Waals surface area contributed by atoms with Gasteiger partial charge in [0.05, 0.1) is 23.1 Å². The van der Waals surface area contributed by atoms with Gasteiger partial charge in [0.1, 0.15) is 18.1 Å². The Morgan fingerprint density at radius 3 is 2.77 bits per heavy atom. The van der Waals surface area contributed by atoms with E-state index in [1.54, 1.807) is 11.3 Å². The van der Waals surface area contributed by atoms with Crippen molar-refractivity contribution >= 4 is 39.0 Å². The van der Waals surface area contributed by atoms with E-state index in [1.165, 1.54) is 7.11 Å². The van der Waals surface area contributed by atoms with E-state index >= 15 is 0 Å². The van der Waals surface area contributed by atoms with Gasteiger partial charge in [-0.1, -0.05) is 18.2 Å². The van der Waals surface area contributed by atoms with E-state index in [-0.39, 0.29) is 17.6 Å². The lowest BCUT2D eigenvalue weighted by Crippen LogP contribution is -2.40. The number of hydrogen-bond donors (Lipinski definition) is 1. The Bertz CT molecular complexity index is 1100. The number of carbonyl (C=O) groups is 2. The smallest absolute Gasteiger partial charge is 0.336 e. The molecular formula is C24H24BrNO4S. The number of halogens is 1. The zero-order valence-corrected chi connectivity index (χ0v) is 20.1. The van der Waals surface area contributed by atoms with Crippen LogP contribution in [-0.2, 0) is 20.9 Å². The van der Waals surface area contributed by atoms with Gasteiger partial charge < -0.3 is 14.8 Å². The second-order valence-corrected chi connectivity index (χ2v) is 9.87. The van der Waals surface area contributed by atoms with Crippen molar-refractivity contribution in [3.63, 3.8) is 0 Å². The molecule has 1 N–H and O–H groups in total. The minimum absolute atomic E-state index is 0.154. The first-order valence-electron chi connectivity index (χ1n) is 10.2. The summed E-state index contributed by atoms with van der Waals surface area (Å²) in [6.45, 7) is 4.32. The predicted octanol–water partition coefficient (Wildman–Crippen LogP) is 5.39. The summed E-state index contributed by atoms with van der Waals surface area (Å²) in [4.78, 5) is 27.7. The highest BCUT2D eigenvalue weighted by atomic mass is 79.9. The predicted molar refractivity (Wildman–Crippen MR) is 124 cm³/mol. The lowest BCUT2D eigenvalue weighted by molar-refractivity contribution is -0.136. The average Bonchev–Trinajstić information content (AvgIpc) is 3.12. The lowest BCUT2D eigenvalue weighted by atomic mass is 9.73. The van der Waals surface area contributed by atoms with E-state index in [9.17, 15) is 9.59 Å². The Balaban J connectivity index is 1.71. The fourth-order valence-corrected chi connectivity index (χ4v) is 5.84. The summed E-state index contributed by atoms with van der Waals surface area (Å²) in [7, 11) is 1.38. The monoisotopic (exact) mass is 501 g/mol. The number of fused-ring (bicyclic) bond motifs is 1. The first-order chi connectivity index (χ1) is 14.9. The number of ketones is 1. The molecule has 5 nitrogen and oxygen atoms in total. The second kappa shape index (κ2) is 9.01. The summed E-state index contributed by atoms with van der Waals surface area (Å²) in [5, 5.41) is 3.28. The summed E-state index contributed by atoms with van der Waals surface area (Å²) in [6, 6.07) is 9.80. The molecule has 2 aliphatic rings. The number of para-hydroxylation sites is 1. The van der Waals surface area contributed by atoms with Gasteiger partial charge in [-0.15, -0.1) is 11.3 Å². The highest BCUT2D eigenvalue weighted by Gasteiger charge is 2.44. The fourth-order valence-electron chi connectivity index (χ4n) is 4.26. The van der Waals surface area contributed by atoms with Crippen LogP contribution in [0.5, 0.6) is 5.75 Å². The van der Waals surface area contributed by atoms with Crippen LogP contribution < -0.4 is 10.1 Å². The molecule has 2 atom stereocenters. The molecule has 7 heteroatoms. The Morgan fingerprint density at radius 1 is 1.26 bits per heavy atom. The second-order valence-electron chi connectivity index (χ2n) is 7.72. The Kier molecular flexibility index (Phi) is 6.34. The molecule has 0 bridgehead atoms. The Morgan fingerprint density at radius 2 is 2.03 bits per heavy atom. The summed E-state index contributed by atoms with van der Waals surface area (Å²) in [5.74, 6) is -0.212. The molecule has 0 radical (unpaired) electrons. The van der Waals surface area contributed by atoms with Crippen molar-refractivity contribution in [1.82, 2.24) is 5.32 Å². The standard InChI is InChI=1S/C24H24BrNO4S/c1-13-21(24(28)29-3)23(22-17(26-13)8-6-9-18(22)27)20-11-15(14(2)31-20)12-30-19-10-5-4-7-16(19)25/h4-5,7-8,10-11,22-23,26H,6,9,12H2,1-3H3. The van der Waals surface area contributed by atoms with Gasteiger partial charge in [0.15, 0.2) is 0 Å². The van der Waals surface area contributed by atoms with Gasteiger partial charge in [0.25, 0.3) is 0 Å². The number of carbonyl (C=O) groups excluding carboxylic acids is 2. The molecule has 2 unspecified atom stereocenters. The topological polar surface area (TPSA) is 64.6 Å². The molecule has 1 aromatic carbocycles. The number of esters is 1. The summed E-state index contributed by atoms with van der Waals surface area (Å²) >= 11 is 5.12. The van der Waals surface area contributed by atoms with Crippen LogP contribution in [0.1, 0.15) is 41.0 Å². The van der Waals surface area contributed by atoms with Crippen LogP contribution in [0.25, 0.3) is 0 Å². The van der Waals surface area contributed by atoms with Gasteiger partial charge in [0.2, 0.25) is 0 Å². The van der Waals surface area contributed by atoms with Crippen LogP contribution >= 0.6 is 27.3 Å². The number of allylic oxidation sites excluding steroid dienone is 3. The Hall–Kier alpha value is -2.38. The van der Waals surface area contributed by atoms with Crippen molar-refractivity contribution in [3.8, 4) is 5.75 Å². The van der Waals surface area contributed by atoms with Crippen LogP contribution in [-0.4, -0.2) is 18.9 Å². The van der Waals surface area contributed by atoms with Crippen LogP contribution in [0.3, 0.4) is 0 Å². The molecule has 1 aliphatic carbocycles. The van der Waals surface area contributed by atoms with Crippen LogP contribution in [0, 0.1) is 12.8 Å². The molecule has 0 fully saturated rings. The van der Waals surface area contributed by atoms with Crippen molar-refractivity contribution in [2.75, 3.05) is 7.11 Å². The maximum Gasteiger partial charge on any atom is 0.336 e. The number of ether oxygens (including phenoxy) is 2. The van der Waals surface area contributed by atoms with Crippen molar-refractivity contribution in [2.24, 2.45) is 5.92 Å². The number of benzene rings is 1. The van der Waals surface area contributed by atoms with Gasteiger partial charge in [-0.3, -0.25) is 4.79 Å². The summed E-state index contributed by atoms with van der Waals surface area (Å²) in [6.07, 6.45) is 3.29. The number of aryl methyl sites for hydroxylation is 1. The van der Waals surface area contributed by atoms with Crippen molar-refractivity contribution < 1.29 is 19.1 Å². The largest absolute Gasteiger partial charge is 0.488 e. The van der Waals surface area contributed by atoms with E-state index < -0.39 is 5.97 Å². The van der Waals surface area contributed by atoms with Crippen molar-refractivity contribution in [2.45, 2.75) is 39.2 Å². The van der Waals surface area contributed by atoms with Gasteiger partial charge in [-0.2, -0.15) is 0 Å². The minimum Gasteiger partial charge on any atom is -0.488 e. The number of nitrogens with one attached hydrogen (secondary N) is 1. The highest BCUT2D eigenvalue weighted by Crippen LogP contribution is 2.46. The van der Waals surface area contributed by atoms with Crippen LogP contribution in [0.15, 0.2) is 57.8 Å². The van der Waals surface area contributed by atoms with E-state index in [0.29, 0.717) is 18.6 Å². The molecule has 4 rings (SSSR count). The molecular weight excluding hydrogens is 478 g/mol. The normalized spacial score (nSPS) is 20.6. The van der Waals surface area contributed by atoms with Crippen molar-refractivity contribution in [1.29, 1.82) is 0 Å². The van der Waals surface area contributed by atoms with Gasteiger partial charge >= 0.3 is 5.97 Å². The summed E-state index contributed by atoms with van der Waals surface area (Å²) < 4.78 is 12.0. The van der Waals surface area contributed by atoms with Gasteiger partial charge in [-0.25, -0.2) is 4.79 Å². The molecule has 0 saturated carbocycles. The number of thiophene rings is 1. The first kappa shape index (κ1) is 21.8. The maximum atomic E-state index is 12.9. The quantitative estimate of drug-likeness (QED) is 0.556. The molecule has 0 saturated heterocycles. The number of rotatable bonds is 5. The molecule has 2 aromatic rings. The third-order valence-corrected chi connectivity index (χ3v) is 7.62. The average molecular weight is 502 g/mol. The van der Waals surface area contributed by atoms with Gasteiger partial charge in [0, 0.05) is 39.1 Å². The highest BCUT2D eigenvalue weighted by molar-refractivity contribution is 9.10. The minimum atomic E-state index is -0.399. The van der Waals surface area contributed by atoms with Crippen molar-refractivity contribution in [3.05, 3.63) is 73.2 Å². The zero-order valence-electron chi connectivity index (χ0n) is 17.7. The first-order valence-corrected chi connectivity index (χ1v) is 11.8.